The van der Waals surface area contributed by atoms with Crippen LogP contribution >= 0.6 is 0 Å². The number of rotatable bonds is 6. The van der Waals surface area contributed by atoms with Crippen LogP contribution < -0.4 is 5.32 Å². The van der Waals surface area contributed by atoms with Gasteiger partial charge in [0.2, 0.25) is 0 Å². The van der Waals surface area contributed by atoms with Crippen molar-refractivity contribution < 1.29 is 4.39 Å². The van der Waals surface area contributed by atoms with E-state index in [0.717, 1.165) is 18.4 Å². The molecule has 0 aliphatic heterocycles. The Bertz CT molecular complexity index is 507. The highest BCUT2D eigenvalue weighted by Gasteiger charge is 2.12. The number of halogens is 1. The van der Waals surface area contributed by atoms with E-state index in [4.69, 9.17) is 0 Å². The molecule has 2 rings (SSSR count). The van der Waals surface area contributed by atoms with Gasteiger partial charge in [0, 0.05) is 12.1 Å². The maximum atomic E-state index is 12.9. The Morgan fingerprint density at radius 3 is 2.25 bits per heavy atom. The van der Waals surface area contributed by atoms with Crippen molar-refractivity contribution in [1.82, 2.24) is 5.32 Å². The Morgan fingerprint density at radius 2 is 1.65 bits per heavy atom. The van der Waals surface area contributed by atoms with Crippen molar-refractivity contribution >= 4 is 0 Å². The molecule has 0 fully saturated rings. The molecule has 0 aromatic heterocycles. The molecule has 2 atom stereocenters. The first-order chi connectivity index (χ1) is 9.69. The molecule has 2 aromatic carbocycles. The summed E-state index contributed by atoms with van der Waals surface area (Å²) in [5.41, 5.74) is 2.47. The van der Waals surface area contributed by atoms with E-state index in [2.05, 4.69) is 43.4 Å². The summed E-state index contributed by atoms with van der Waals surface area (Å²) in [6.45, 7) is 4.32. The van der Waals surface area contributed by atoms with Gasteiger partial charge in [0.05, 0.1) is 0 Å². The van der Waals surface area contributed by atoms with Gasteiger partial charge in [-0.25, -0.2) is 4.39 Å². The first kappa shape index (κ1) is 14.7. The van der Waals surface area contributed by atoms with E-state index in [1.54, 1.807) is 0 Å². The van der Waals surface area contributed by atoms with Gasteiger partial charge in [-0.1, -0.05) is 49.4 Å². The van der Waals surface area contributed by atoms with E-state index in [1.165, 1.54) is 17.7 Å². The molecular weight excluding hydrogens is 249 g/mol. The normalized spacial score (nSPS) is 13.9. The van der Waals surface area contributed by atoms with Gasteiger partial charge < -0.3 is 5.32 Å². The highest BCUT2D eigenvalue weighted by atomic mass is 19.1. The molecule has 0 heterocycles. The number of hydrogen-bond acceptors (Lipinski definition) is 1. The van der Waals surface area contributed by atoms with E-state index in [-0.39, 0.29) is 11.9 Å². The van der Waals surface area contributed by atoms with E-state index in [1.807, 2.05) is 18.2 Å². The van der Waals surface area contributed by atoms with Crippen LogP contribution in [-0.2, 0) is 6.42 Å². The van der Waals surface area contributed by atoms with Gasteiger partial charge in [-0.3, -0.25) is 0 Å². The predicted molar refractivity (Wildman–Crippen MR) is 82.2 cm³/mol. The maximum Gasteiger partial charge on any atom is 0.123 e. The maximum absolute atomic E-state index is 12.9. The Kier molecular flexibility index (Phi) is 5.31. The van der Waals surface area contributed by atoms with Gasteiger partial charge in [0.1, 0.15) is 5.82 Å². The van der Waals surface area contributed by atoms with Crippen LogP contribution in [0.5, 0.6) is 0 Å². The minimum atomic E-state index is -0.183. The molecule has 2 heteroatoms. The molecule has 2 aromatic rings. The largest absolute Gasteiger partial charge is 0.307 e. The lowest BCUT2D eigenvalue weighted by atomic mass is 10.0. The first-order valence-corrected chi connectivity index (χ1v) is 7.24. The van der Waals surface area contributed by atoms with Crippen LogP contribution in [0.25, 0.3) is 0 Å². The molecule has 106 valence electrons. The van der Waals surface area contributed by atoms with Crippen LogP contribution in [0.2, 0.25) is 0 Å². The summed E-state index contributed by atoms with van der Waals surface area (Å²) < 4.78 is 12.9. The third-order valence-electron chi connectivity index (χ3n) is 3.67. The topological polar surface area (TPSA) is 12.0 Å². The molecule has 1 N–H and O–H groups in total. The van der Waals surface area contributed by atoms with Crippen LogP contribution in [0.15, 0.2) is 54.6 Å². The Morgan fingerprint density at radius 1 is 1.00 bits per heavy atom. The third-order valence-corrected chi connectivity index (χ3v) is 3.67. The van der Waals surface area contributed by atoms with Crippen molar-refractivity contribution in [3.05, 3.63) is 71.5 Å². The quantitative estimate of drug-likeness (QED) is 0.815. The fourth-order valence-corrected chi connectivity index (χ4v) is 2.42. The van der Waals surface area contributed by atoms with E-state index in [0.29, 0.717) is 6.04 Å². The van der Waals surface area contributed by atoms with Crippen LogP contribution in [-0.4, -0.2) is 6.04 Å². The molecule has 0 aliphatic carbocycles. The lowest BCUT2D eigenvalue weighted by molar-refractivity contribution is 0.439. The zero-order valence-electron chi connectivity index (χ0n) is 12.1. The molecule has 0 spiro atoms. The van der Waals surface area contributed by atoms with Gasteiger partial charge in [-0.2, -0.15) is 0 Å². The molecule has 0 saturated carbocycles. The van der Waals surface area contributed by atoms with Crippen molar-refractivity contribution in [2.45, 2.75) is 38.8 Å². The smallest absolute Gasteiger partial charge is 0.123 e. The predicted octanol–water partition coefficient (Wildman–Crippen LogP) is 4.50. The summed E-state index contributed by atoms with van der Waals surface area (Å²) in [5, 5.41) is 3.63. The van der Waals surface area contributed by atoms with Crippen LogP contribution in [0.1, 0.15) is 37.4 Å². The zero-order chi connectivity index (χ0) is 14.4. The number of hydrogen-bond donors (Lipinski definition) is 1. The minimum absolute atomic E-state index is 0.183. The number of nitrogens with one attached hydrogen (secondary N) is 1. The molecule has 0 aliphatic rings. The fraction of sp³-hybridized carbons (Fsp3) is 0.333. The van der Waals surface area contributed by atoms with Crippen molar-refractivity contribution in [3.8, 4) is 0 Å². The fourth-order valence-electron chi connectivity index (χ4n) is 2.42. The second-order valence-electron chi connectivity index (χ2n) is 5.23. The molecular formula is C18H22FN. The molecule has 0 amide bonds. The van der Waals surface area contributed by atoms with Crippen molar-refractivity contribution in [1.29, 1.82) is 0 Å². The zero-order valence-corrected chi connectivity index (χ0v) is 12.1. The number of benzene rings is 2. The molecule has 0 bridgehead atoms. The van der Waals surface area contributed by atoms with Gasteiger partial charge in [0.15, 0.2) is 0 Å². The molecule has 1 nitrogen and oxygen atoms in total. The highest BCUT2D eigenvalue weighted by Crippen LogP contribution is 2.16. The summed E-state index contributed by atoms with van der Waals surface area (Å²) >= 11 is 0. The molecule has 0 radical (unpaired) electrons. The summed E-state index contributed by atoms with van der Waals surface area (Å²) in [5.74, 6) is -0.183. The summed E-state index contributed by atoms with van der Waals surface area (Å²) in [7, 11) is 0. The third kappa shape index (κ3) is 4.17. The van der Waals surface area contributed by atoms with Gasteiger partial charge in [-0.15, -0.1) is 0 Å². The Hall–Kier alpha value is -1.67. The van der Waals surface area contributed by atoms with Gasteiger partial charge in [-0.05, 0) is 43.0 Å². The van der Waals surface area contributed by atoms with Crippen molar-refractivity contribution in [2.24, 2.45) is 0 Å². The van der Waals surface area contributed by atoms with E-state index >= 15 is 0 Å². The highest BCUT2D eigenvalue weighted by molar-refractivity contribution is 5.20. The Balaban J connectivity index is 1.97. The summed E-state index contributed by atoms with van der Waals surface area (Å²) in [6, 6.07) is 17.9. The Labute approximate surface area is 120 Å². The average molecular weight is 271 g/mol. The van der Waals surface area contributed by atoms with E-state index < -0.39 is 0 Å². The summed E-state index contributed by atoms with van der Waals surface area (Å²) in [4.78, 5) is 0. The molecule has 0 saturated heterocycles. The molecule has 20 heavy (non-hydrogen) atoms. The standard InChI is InChI=1S/C18H22FN/c1-3-18(13-15-7-5-4-6-8-15)20-14(2)16-9-11-17(19)12-10-16/h4-12,14,18,20H,3,13H2,1-2H3. The van der Waals surface area contributed by atoms with Gasteiger partial charge >= 0.3 is 0 Å². The second kappa shape index (κ2) is 7.20. The van der Waals surface area contributed by atoms with Crippen LogP contribution in [0.4, 0.5) is 4.39 Å². The van der Waals surface area contributed by atoms with E-state index in [9.17, 15) is 4.39 Å². The van der Waals surface area contributed by atoms with Gasteiger partial charge in [0.25, 0.3) is 0 Å². The lowest BCUT2D eigenvalue weighted by Gasteiger charge is -2.23. The van der Waals surface area contributed by atoms with Crippen LogP contribution in [0.3, 0.4) is 0 Å². The lowest BCUT2D eigenvalue weighted by Crippen LogP contribution is -2.32. The van der Waals surface area contributed by atoms with Crippen molar-refractivity contribution in [2.75, 3.05) is 0 Å². The second-order valence-corrected chi connectivity index (χ2v) is 5.23. The van der Waals surface area contributed by atoms with Crippen LogP contribution in [0, 0.1) is 5.82 Å². The van der Waals surface area contributed by atoms with Crippen molar-refractivity contribution in [3.63, 3.8) is 0 Å². The minimum Gasteiger partial charge on any atom is -0.307 e. The average Bonchev–Trinajstić information content (AvgIpc) is 2.48. The summed E-state index contributed by atoms with van der Waals surface area (Å²) in [6.07, 6.45) is 2.09. The SMILES string of the molecule is CCC(Cc1ccccc1)NC(C)c1ccc(F)cc1. The molecule has 2 unspecified atom stereocenters. The monoisotopic (exact) mass is 271 g/mol. The first-order valence-electron chi connectivity index (χ1n) is 7.24.